The predicted molar refractivity (Wildman–Crippen MR) is 72.8 cm³/mol. The molecule has 2 rings (SSSR count). The Labute approximate surface area is 114 Å². The smallest absolute Gasteiger partial charge is 0.0863 e. The van der Waals surface area contributed by atoms with Crippen LogP contribution in [0.3, 0.4) is 0 Å². The third-order valence-electron chi connectivity index (χ3n) is 3.70. The van der Waals surface area contributed by atoms with E-state index < -0.39 is 0 Å². The lowest BCUT2D eigenvalue weighted by atomic mass is 10.1. The maximum Gasteiger partial charge on any atom is 0.0863 e. The number of hydrogen-bond donors (Lipinski definition) is 1. The van der Waals surface area contributed by atoms with Gasteiger partial charge in [0.05, 0.1) is 16.4 Å². The Balaban J connectivity index is 2.11. The Morgan fingerprint density at radius 1 is 1.44 bits per heavy atom. The van der Waals surface area contributed by atoms with Gasteiger partial charge in [-0.15, -0.1) is 0 Å². The Morgan fingerprint density at radius 2 is 2.22 bits per heavy atom. The van der Waals surface area contributed by atoms with Crippen molar-refractivity contribution >= 4 is 11.6 Å². The summed E-state index contributed by atoms with van der Waals surface area (Å²) in [5.41, 5.74) is 2.11. The Bertz CT molecular complexity index is 405. The number of rotatable bonds is 5. The highest BCUT2D eigenvalue weighted by atomic mass is 35.5. The summed E-state index contributed by atoms with van der Waals surface area (Å²) < 4.78 is 2.01. The van der Waals surface area contributed by atoms with Crippen molar-refractivity contribution in [1.29, 1.82) is 0 Å². The second-order valence-electron chi connectivity index (χ2n) is 4.95. The minimum Gasteiger partial charge on any atom is -0.396 e. The van der Waals surface area contributed by atoms with Crippen LogP contribution in [0, 0.1) is 5.92 Å². The summed E-state index contributed by atoms with van der Waals surface area (Å²) in [7, 11) is 0. The fourth-order valence-electron chi connectivity index (χ4n) is 2.59. The van der Waals surface area contributed by atoms with Gasteiger partial charge in [-0.1, -0.05) is 18.5 Å². The number of aromatic nitrogens is 2. The quantitative estimate of drug-likeness (QED) is 0.890. The van der Waals surface area contributed by atoms with E-state index in [2.05, 4.69) is 23.8 Å². The number of aryl methyl sites for hydroxylation is 2. The lowest BCUT2D eigenvalue weighted by Gasteiger charge is -2.16. The number of aliphatic hydroxyl groups excluding tert-OH is 1. The molecule has 1 fully saturated rings. The molecule has 1 aliphatic rings. The molecule has 18 heavy (non-hydrogen) atoms. The van der Waals surface area contributed by atoms with E-state index >= 15 is 0 Å². The summed E-state index contributed by atoms with van der Waals surface area (Å²) >= 11 is 6.40. The zero-order valence-electron chi connectivity index (χ0n) is 11.2. The molecule has 0 radical (unpaired) electrons. The van der Waals surface area contributed by atoms with Crippen molar-refractivity contribution in [1.82, 2.24) is 14.7 Å². The molecule has 1 aromatic rings. The highest BCUT2D eigenvalue weighted by Gasteiger charge is 2.24. The Morgan fingerprint density at radius 3 is 2.78 bits per heavy atom. The SMILES string of the molecule is CCc1nn(CC)c(CN2CCC(CO)C2)c1Cl. The number of likely N-dealkylation sites (tertiary alicyclic amines) is 1. The Kier molecular flexibility index (Phi) is 4.65. The van der Waals surface area contributed by atoms with Gasteiger partial charge in [-0.25, -0.2) is 0 Å². The first-order valence-corrected chi connectivity index (χ1v) is 7.14. The lowest BCUT2D eigenvalue weighted by molar-refractivity contribution is 0.219. The number of nitrogens with zero attached hydrogens (tertiary/aromatic N) is 3. The first kappa shape index (κ1) is 13.8. The molecule has 2 heterocycles. The van der Waals surface area contributed by atoms with Gasteiger partial charge in [-0.3, -0.25) is 9.58 Å². The maximum atomic E-state index is 9.18. The topological polar surface area (TPSA) is 41.3 Å². The molecule has 0 aliphatic carbocycles. The van der Waals surface area contributed by atoms with Crippen molar-refractivity contribution in [3.8, 4) is 0 Å². The first-order chi connectivity index (χ1) is 8.69. The van der Waals surface area contributed by atoms with Crippen LogP contribution < -0.4 is 0 Å². The molecule has 0 amide bonds. The van der Waals surface area contributed by atoms with Gasteiger partial charge >= 0.3 is 0 Å². The third-order valence-corrected chi connectivity index (χ3v) is 4.13. The lowest BCUT2D eigenvalue weighted by Crippen LogP contribution is -2.23. The summed E-state index contributed by atoms with van der Waals surface area (Å²) in [5, 5.41) is 14.5. The maximum absolute atomic E-state index is 9.18. The van der Waals surface area contributed by atoms with Gasteiger partial charge in [0.25, 0.3) is 0 Å². The van der Waals surface area contributed by atoms with Crippen LogP contribution in [-0.2, 0) is 19.5 Å². The van der Waals surface area contributed by atoms with Gasteiger partial charge in [0.1, 0.15) is 0 Å². The van der Waals surface area contributed by atoms with Gasteiger partial charge < -0.3 is 5.11 Å². The van der Waals surface area contributed by atoms with Crippen LogP contribution in [0.15, 0.2) is 0 Å². The van der Waals surface area contributed by atoms with Crippen LogP contribution in [-0.4, -0.2) is 39.5 Å². The van der Waals surface area contributed by atoms with Crippen molar-refractivity contribution in [3.63, 3.8) is 0 Å². The van der Waals surface area contributed by atoms with Crippen LogP contribution in [0.2, 0.25) is 5.02 Å². The van der Waals surface area contributed by atoms with Gasteiger partial charge in [0.2, 0.25) is 0 Å². The van der Waals surface area contributed by atoms with E-state index in [9.17, 15) is 5.11 Å². The van der Waals surface area contributed by atoms with E-state index in [0.29, 0.717) is 5.92 Å². The third kappa shape index (κ3) is 2.71. The first-order valence-electron chi connectivity index (χ1n) is 6.76. The molecule has 0 saturated carbocycles. The highest BCUT2D eigenvalue weighted by molar-refractivity contribution is 6.31. The average molecular weight is 272 g/mol. The molecule has 1 aliphatic heterocycles. The number of hydrogen-bond acceptors (Lipinski definition) is 3. The van der Waals surface area contributed by atoms with Crippen molar-refractivity contribution in [2.24, 2.45) is 5.92 Å². The Hall–Kier alpha value is -0.580. The van der Waals surface area contributed by atoms with E-state index in [1.54, 1.807) is 0 Å². The second-order valence-corrected chi connectivity index (χ2v) is 5.33. The van der Waals surface area contributed by atoms with Crippen molar-refractivity contribution in [2.75, 3.05) is 19.7 Å². The second kappa shape index (κ2) is 6.04. The molecule has 1 unspecified atom stereocenters. The van der Waals surface area contributed by atoms with E-state index in [4.69, 9.17) is 11.6 Å². The molecule has 102 valence electrons. The molecular formula is C13H22ClN3O. The minimum absolute atomic E-state index is 0.289. The molecule has 0 bridgehead atoms. The van der Waals surface area contributed by atoms with E-state index in [1.165, 1.54) is 0 Å². The molecule has 5 heteroatoms. The molecule has 0 aromatic carbocycles. The molecular weight excluding hydrogens is 250 g/mol. The van der Waals surface area contributed by atoms with Gasteiger partial charge in [0, 0.05) is 26.2 Å². The van der Waals surface area contributed by atoms with Crippen LogP contribution in [0.4, 0.5) is 0 Å². The van der Waals surface area contributed by atoms with Gasteiger partial charge in [-0.05, 0) is 32.2 Å². The molecule has 4 nitrogen and oxygen atoms in total. The minimum atomic E-state index is 0.289. The highest BCUT2D eigenvalue weighted by Crippen LogP contribution is 2.25. The molecule has 1 N–H and O–H groups in total. The van der Waals surface area contributed by atoms with Crippen molar-refractivity contribution < 1.29 is 5.11 Å². The van der Waals surface area contributed by atoms with Crippen LogP contribution in [0.25, 0.3) is 0 Å². The van der Waals surface area contributed by atoms with Crippen LogP contribution in [0.1, 0.15) is 31.7 Å². The molecule has 0 spiro atoms. The van der Waals surface area contributed by atoms with Crippen molar-refractivity contribution in [3.05, 3.63) is 16.4 Å². The molecule has 1 saturated heterocycles. The molecule has 1 aromatic heterocycles. The fourth-order valence-corrected chi connectivity index (χ4v) is 2.91. The van der Waals surface area contributed by atoms with Gasteiger partial charge in [0.15, 0.2) is 0 Å². The zero-order chi connectivity index (χ0) is 13.1. The summed E-state index contributed by atoms with van der Waals surface area (Å²) in [6.07, 6.45) is 1.95. The van der Waals surface area contributed by atoms with E-state index in [-0.39, 0.29) is 6.61 Å². The van der Waals surface area contributed by atoms with Crippen molar-refractivity contribution in [2.45, 2.75) is 39.8 Å². The zero-order valence-corrected chi connectivity index (χ0v) is 11.9. The monoisotopic (exact) mass is 271 g/mol. The summed E-state index contributed by atoms with van der Waals surface area (Å²) in [5.74, 6) is 0.424. The normalized spacial score (nSPS) is 20.8. The fraction of sp³-hybridized carbons (Fsp3) is 0.769. The van der Waals surface area contributed by atoms with Crippen LogP contribution >= 0.6 is 11.6 Å². The predicted octanol–water partition coefficient (Wildman–Crippen LogP) is 1.93. The average Bonchev–Trinajstić information content (AvgIpc) is 2.96. The summed E-state index contributed by atoms with van der Waals surface area (Å²) in [6, 6.07) is 0. The number of halogens is 1. The van der Waals surface area contributed by atoms with E-state index in [0.717, 1.165) is 55.4 Å². The summed E-state index contributed by atoms with van der Waals surface area (Å²) in [6.45, 7) is 8.16. The van der Waals surface area contributed by atoms with Crippen LogP contribution in [0.5, 0.6) is 0 Å². The largest absolute Gasteiger partial charge is 0.396 e. The summed E-state index contributed by atoms with van der Waals surface area (Å²) in [4.78, 5) is 2.36. The van der Waals surface area contributed by atoms with Gasteiger partial charge in [-0.2, -0.15) is 5.10 Å². The standard InChI is InChI=1S/C13H22ClN3O/c1-3-11-13(14)12(17(4-2)15-11)8-16-6-5-10(7-16)9-18/h10,18H,3-9H2,1-2H3. The molecule has 1 atom stereocenters. The number of aliphatic hydroxyl groups is 1. The van der Waals surface area contributed by atoms with E-state index in [1.807, 2.05) is 4.68 Å².